The Kier molecular flexibility index (Phi) is 5.17. The molecule has 0 aliphatic carbocycles. The summed E-state index contributed by atoms with van der Waals surface area (Å²) in [5.41, 5.74) is 0. The maximum absolute atomic E-state index is 3.82. The van der Waals surface area contributed by atoms with Gasteiger partial charge < -0.3 is 0 Å². The third kappa shape index (κ3) is 5.27. The fourth-order valence-electron chi connectivity index (χ4n) is 0.584. The molecule has 0 atom stereocenters. The second-order valence-electron chi connectivity index (χ2n) is 2.02. The van der Waals surface area contributed by atoms with Crippen molar-refractivity contribution in [3.63, 3.8) is 0 Å². The molecule has 0 aromatic rings. The summed E-state index contributed by atoms with van der Waals surface area (Å²) < 4.78 is 0. The van der Waals surface area contributed by atoms with Crippen LogP contribution in [-0.4, -0.2) is 25.6 Å². The van der Waals surface area contributed by atoms with Gasteiger partial charge in [0.05, 0.1) is 7.05 Å². The summed E-state index contributed by atoms with van der Waals surface area (Å²) >= 11 is 0. The van der Waals surface area contributed by atoms with E-state index in [1.165, 1.54) is 12.8 Å². The lowest BCUT2D eigenvalue weighted by atomic mass is 10.3. The number of unbranched alkanes of at least 4 members (excludes halogenated alkanes) is 1. The van der Waals surface area contributed by atoms with Crippen LogP contribution in [0, 0.1) is 0 Å². The predicted molar refractivity (Wildman–Crippen MR) is 38.3 cm³/mol. The summed E-state index contributed by atoms with van der Waals surface area (Å²) in [4.78, 5) is 0. The molecule has 3 nitrogen and oxygen atoms in total. The Morgan fingerprint density at radius 3 is 2.56 bits per heavy atom. The van der Waals surface area contributed by atoms with E-state index in [0.717, 1.165) is 6.54 Å². The van der Waals surface area contributed by atoms with Gasteiger partial charge in [0, 0.05) is 13.6 Å². The van der Waals surface area contributed by atoms with Crippen molar-refractivity contribution in [1.29, 1.82) is 0 Å². The SMILES string of the molecule is CCCCN(C)/N=N\C. The third-order valence-electron chi connectivity index (χ3n) is 1.08. The summed E-state index contributed by atoms with van der Waals surface area (Å²) in [7, 11) is 3.62. The van der Waals surface area contributed by atoms with Crippen LogP contribution in [-0.2, 0) is 0 Å². The highest BCUT2D eigenvalue weighted by Crippen LogP contribution is 1.91. The fourth-order valence-corrected chi connectivity index (χ4v) is 0.584. The fraction of sp³-hybridized carbons (Fsp3) is 1.00. The Morgan fingerprint density at radius 1 is 1.44 bits per heavy atom. The van der Waals surface area contributed by atoms with E-state index in [0.29, 0.717) is 0 Å². The summed E-state index contributed by atoms with van der Waals surface area (Å²) in [6.07, 6.45) is 2.40. The van der Waals surface area contributed by atoms with Gasteiger partial charge in [0.1, 0.15) is 0 Å². The zero-order chi connectivity index (χ0) is 7.11. The smallest absolute Gasteiger partial charge is 0.0509 e. The molecular formula is C6H15N3. The first-order chi connectivity index (χ1) is 4.31. The monoisotopic (exact) mass is 129 g/mol. The molecule has 0 aromatic carbocycles. The Balaban J connectivity index is 3.15. The quantitative estimate of drug-likeness (QED) is 0.419. The molecular weight excluding hydrogens is 114 g/mol. The van der Waals surface area contributed by atoms with Crippen LogP contribution in [0.1, 0.15) is 19.8 Å². The van der Waals surface area contributed by atoms with Crippen LogP contribution in [0.5, 0.6) is 0 Å². The molecule has 0 saturated heterocycles. The van der Waals surface area contributed by atoms with E-state index >= 15 is 0 Å². The first-order valence-corrected chi connectivity index (χ1v) is 3.32. The van der Waals surface area contributed by atoms with E-state index in [2.05, 4.69) is 17.3 Å². The van der Waals surface area contributed by atoms with Crippen molar-refractivity contribution >= 4 is 0 Å². The van der Waals surface area contributed by atoms with Gasteiger partial charge in [-0.3, -0.25) is 5.01 Å². The van der Waals surface area contributed by atoms with Crippen LogP contribution in [0.3, 0.4) is 0 Å². The number of nitrogens with zero attached hydrogens (tertiary/aromatic N) is 3. The molecule has 0 bridgehead atoms. The Labute approximate surface area is 56.7 Å². The van der Waals surface area contributed by atoms with E-state index in [-0.39, 0.29) is 0 Å². The Hall–Kier alpha value is -0.600. The van der Waals surface area contributed by atoms with Crippen molar-refractivity contribution in [2.24, 2.45) is 10.3 Å². The summed E-state index contributed by atoms with van der Waals surface area (Å²) in [6, 6.07) is 0. The maximum atomic E-state index is 3.82. The standard InChI is InChI=1S/C6H15N3/c1-4-5-6-9(3)8-7-2/h4-6H2,1-3H3/b8-7-. The van der Waals surface area contributed by atoms with Gasteiger partial charge in [0.25, 0.3) is 0 Å². The van der Waals surface area contributed by atoms with E-state index in [1.807, 2.05) is 12.1 Å². The molecule has 0 unspecified atom stereocenters. The predicted octanol–water partition coefficient (Wildman–Crippen LogP) is 1.72. The maximum Gasteiger partial charge on any atom is 0.0509 e. The number of rotatable bonds is 4. The van der Waals surface area contributed by atoms with Crippen LogP contribution in [0.15, 0.2) is 10.3 Å². The van der Waals surface area contributed by atoms with Crippen molar-refractivity contribution < 1.29 is 0 Å². The zero-order valence-electron chi connectivity index (χ0n) is 6.46. The molecule has 0 fully saturated rings. The zero-order valence-corrected chi connectivity index (χ0v) is 6.46. The summed E-state index contributed by atoms with van der Waals surface area (Å²) in [6.45, 7) is 3.17. The molecule has 0 aliphatic heterocycles. The molecule has 0 amide bonds. The first kappa shape index (κ1) is 8.40. The minimum absolute atomic E-state index is 1.01. The normalized spacial score (nSPS) is 10.6. The Bertz CT molecular complexity index is 80.4. The molecule has 0 spiro atoms. The lowest BCUT2D eigenvalue weighted by Gasteiger charge is -2.08. The van der Waals surface area contributed by atoms with Gasteiger partial charge >= 0.3 is 0 Å². The summed E-state index contributed by atoms with van der Waals surface area (Å²) in [5.74, 6) is 0. The number of hydrogen-bond donors (Lipinski definition) is 0. The van der Waals surface area contributed by atoms with E-state index in [9.17, 15) is 0 Å². The van der Waals surface area contributed by atoms with E-state index in [1.54, 1.807) is 7.05 Å². The molecule has 0 saturated carbocycles. The molecule has 0 rings (SSSR count). The van der Waals surface area contributed by atoms with Gasteiger partial charge in [0.15, 0.2) is 0 Å². The molecule has 3 heteroatoms. The average molecular weight is 129 g/mol. The van der Waals surface area contributed by atoms with Crippen LogP contribution >= 0.6 is 0 Å². The topological polar surface area (TPSA) is 28.0 Å². The van der Waals surface area contributed by atoms with Crippen molar-refractivity contribution in [3.05, 3.63) is 0 Å². The first-order valence-electron chi connectivity index (χ1n) is 3.32. The average Bonchev–Trinajstić information content (AvgIpc) is 1.85. The molecule has 0 aromatic heterocycles. The van der Waals surface area contributed by atoms with Crippen LogP contribution < -0.4 is 0 Å². The lowest BCUT2D eigenvalue weighted by Crippen LogP contribution is -2.10. The summed E-state index contributed by atoms with van der Waals surface area (Å²) in [5, 5.41) is 9.31. The van der Waals surface area contributed by atoms with Gasteiger partial charge in [-0.15, -0.1) is 0 Å². The second kappa shape index (κ2) is 5.54. The highest BCUT2D eigenvalue weighted by Gasteiger charge is 1.88. The van der Waals surface area contributed by atoms with Crippen molar-refractivity contribution in [2.45, 2.75) is 19.8 Å². The highest BCUT2D eigenvalue weighted by molar-refractivity contribution is 4.39. The minimum Gasteiger partial charge on any atom is -0.282 e. The van der Waals surface area contributed by atoms with Crippen molar-refractivity contribution in [2.75, 3.05) is 20.6 Å². The van der Waals surface area contributed by atoms with Crippen LogP contribution in [0.2, 0.25) is 0 Å². The highest BCUT2D eigenvalue weighted by atomic mass is 15.5. The van der Waals surface area contributed by atoms with Crippen molar-refractivity contribution in [1.82, 2.24) is 5.01 Å². The molecule has 0 aliphatic rings. The molecule has 0 N–H and O–H groups in total. The van der Waals surface area contributed by atoms with Crippen molar-refractivity contribution in [3.8, 4) is 0 Å². The second-order valence-corrected chi connectivity index (χ2v) is 2.02. The van der Waals surface area contributed by atoms with Gasteiger partial charge in [-0.2, -0.15) is 5.11 Å². The molecule has 9 heavy (non-hydrogen) atoms. The minimum atomic E-state index is 1.01. The molecule has 54 valence electrons. The van der Waals surface area contributed by atoms with Gasteiger partial charge in [0.2, 0.25) is 0 Å². The number of hydrogen-bond acceptors (Lipinski definition) is 2. The van der Waals surface area contributed by atoms with Crippen LogP contribution in [0.4, 0.5) is 0 Å². The van der Waals surface area contributed by atoms with Crippen LogP contribution in [0.25, 0.3) is 0 Å². The van der Waals surface area contributed by atoms with E-state index in [4.69, 9.17) is 0 Å². The third-order valence-corrected chi connectivity index (χ3v) is 1.08. The largest absolute Gasteiger partial charge is 0.282 e. The van der Waals surface area contributed by atoms with Gasteiger partial charge in [-0.05, 0) is 6.42 Å². The van der Waals surface area contributed by atoms with Gasteiger partial charge in [-0.1, -0.05) is 18.6 Å². The molecule has 0 heterocycles. The molecule has 0 radical (unpaired) electrons. The van der Waals surface area contributed by atoms with Gasteiger partial charge in [-0.25, -0.2) is 0 Å². The van der Waals surface area contributed by atoms with E-state index < -0.39 is 0 Å². The Morgan fingerprint density at radius 2 is 2.11 bits per heavy atom. The lowest BCUT2D eigenvalue weighted by molar-refractivity contribution is 0.323.